The van der Waals surface area contributed by atoms with Gasteiger partial charge in [-0.25, -0.2) is 4.98 Å². The van der Waals surface area contributed by atoms with Crippen LogP contribution in [0.2, 0.25) is 0 Å². The highest BCUT2D eigenvalue weighted by molar-refractivity contribution is 7.13. The Hall–Kier alpha value is -2.48. The zero-order valence-electron chi connectivity index (χ0n) is 14.9. The average molecular weight is 361 g/mol. The molecule has 3 rings (SSSR count). The van der Waals surface area contributed by atoms with Crippen molar-refractivity contribution in [3.63, 3.8) is 0 Å². The summed E-state index contributed by atoms with van der Waals surface area (Å²) < 4.78 is 10.8. The lowest BCUT2D eigenvalue weighted by Crippen LogP contribution is -2.38. The van der Waals surface area contributed by atoms with Crippen molar-refractivity contribution >= 4 is 22.4 Å². The summed E-state index contributed by atoms with van der Waals surface area (Å²) in [6.45, 7) is 1.65. The third-order valence-corrected chi connectivity index (χ3v) is 4.84. The van der Waals surface area contributed by atoms with Crippen molar-refractivity contribution < 1.29 is 9.47 Å². The molecule has 0 unspecified atom stereocenters. The molecule has 8 heteroatoms. The first-order valence-corrected chi connectivity index (χ1v) is 8.87. The normalized spacial score (nSPS) is 13.0. The first kappa shape index (κ1) is 17.3. The van der Waals surface area contributed by atoms with Gasteiger partial charge in [0, 0.05) is 40.1 Å². The fraction of sp³-hybridized carbons (Fsp3) is 0.412. The van der Waals surface area contributed by atoms with E-state index in [-0.39, 0.29) is 0 Å². The van der Waals surface area contributed by atoms with Gasteiger partial charge in [0.05, 0.1) is 12.2 Å². The summed E-state index contributed by atoms with van der Waals surface area (Å²) in [5.74, 6) is 2.42. The van der Waals surface area contributed by atoms with E-state index >= 15 is 0 Å². The molecule has 0 saturated carbocycles. The van der Waals surface area contributed by atoms with E-state index in [1.165, 1.54) is 0 Å². The molecular formula is C17H23N5O2S. The van der Waals surface area contributed by atoms with Crippen LogP contribution in [0.5, 0.6) is 11.5 Å². The number of anilines is 1. The number of hydrogen-bond acceptors (Lipinski definition) is 6. The second kappa shape index (κ2) is 7.60. The van der Waals surface area contributed by atoms with Crippen LogP contribution in [0, 0.1) is 0 Å². The number of rotatable bonds is 5. The van der Waals surface area contributed by atoms with Gasteiger partial charge < -0.3 is 24.6 Å². The first-order valence-electron chi connectivity index (χ1n) is 7.99. The zero-order valence-corrected chi connectivity index (χ0v) is 15.8. The van der Waals surface area contributed by atoms with E-state index in [2.05, 4.69) is 25.6 Å². The summed E-state index contributed by atoms with van der Waals surface area (Å²) >= 11 is 1.63. The minimum absolute atomic E-state index is 0.292. The number of hydrogen-bond donors (Lipinski definition) is 1. The lowest BCUT2D eigenvalue weighted by molar-refractivity contribution is 0.174. The second-order valence-electron chi connectivity index (χ2n) is 5.96. The van der Waals surface area contributed by atoms with Crippen molar-refractivity contribution in [2.24, 2.45) is 4.99 Å². The molecule has 0 aliphatic carbocycles. The number of ether oxygens (including phenoxy) is 2. The number of guanidine groups is 1. The summed E-state index contributed by atoms with van der Waals surface area (Å²) in [5, 5.41) is 6.42. The van der Waals surface area contributed by atoms with E-state index in [0.717, 1.165) is 40.4 Å². The van der Waals surface area contributed by atoms with Gasteiger partial charge >= 0.3 is 0 Å². The van der Waals surface area contributed by atoms with Crippen LogP contribution in [0.25, 0.3) is 0 Å². The van der Waals surface area contributed by atoms with E-state index in [9.17, 15) is 0 Å². The molecule has 0 spiro atoms. The molecule has 1 aliphatic rings. The Morgan fingerprint density at radius 2 is 2.08 bits per heavy atom. The minimum atomic E-state index is 0.292. The van der Waals surface area contributed by atoms with E-state index in [0.29, 0.717) is 13.3 Å². The van der Waals surface area contributed by atoms with Gasteiger partial charge in [-0.1, -0.05) is 6.07 Å². The number of aliphatic imine (C=N–C) groups is 1. The third-order valence-electron chi connectivity index (χ3n) is 3.78. The van der Waals surface area contributed by atoms with Crippen molar-refractivity contribution in [3.8, 4) is 11.5 Å². The van der Waals surface area contributed by atoms with Crippen LogP contribution in [-0.2, 0) is 13.1 Å². The Bertz CT molecular complexity index is 759. The van der Waals surface area contributed by atoms with Crippen LogP contribution in [0.15, 0.2) is 28.6 Å². The van der Waals surface area contributed by atoms with Gasteiger partial charge in [-0.05, 0) is 17.7 Å². The Labute approximate surface area is 151 Å². The SMILES string of the molecule is CN=C(NCc1csc(N(C)C)n1)N(C)Cc1ccc2c(c1)OCO2. The molecule has 2 aromatic rings. The average Bonchev–Trinajstić information content (AvgIpc) is 3.23. The molecule has 1 aromatic heterocycles. The van der Waals surface area contributed by atoms with Crippen molar-refractivity contribution in [1.82, 2.24) is 15.2 Å². The number of fused-ring (bicyclic) bond motifs is 1. The molecule has 1 aliphatic heterocycles. The molecule has 0 saturated heterocycles. The maximum Gasteiger partial charge on any atom is 0.231 e. The highest BCUT2D eigenvalue weighted by Gasteiger charge is 2.15. The van der Waals surface area contributed by atoms with Gasteiger partial charge in [0.15, 0.2) is 22.6 Å². The molecule has 0 fully saturated rings. The quantitative estimate of drug-likeness (QED) is 0.650. The van der Waals surface area contributed by atoms with Crippen LogP contribution in [0.1, 0.15) is 11.3 Å². The Morgan fingerprint density at radius 3 is 2.80 bits per heavy atom. The van der Waals surface area contributed by atoms with E-state index in [1.807, 2.05) is 44.2 Å². The van der Waals surface area contributed by atoms with E-state index < -0.39 is 0 Å². The van der Waals surface area contributed by atoms with Crippen molar-refractivity contribution in [3.05, 3.63) is 34.8 Å². The molecule has 0 atom stereocenters. The molecule has 1 N–H and O–H groups in total. The van der Waals surface area contributed by atoms with E-state index in [4.69, 9.17) is 9.47 Å². The molecule has 7 nitrogen and oxygen atoms in total. The van der Waals surface area contributed by atoms with Crippen molar-refractivity contribution in [2.45, 2.75) is 13.1 Å². The minimum Gasteiger partial charge on any atom is -0.454 e. The zero-order chi connectivity index (χ0) is 17.8. The fourth-order valence-electron chi connectivity index (χ4n) is 2.53. The number of benzene rings is 1. The molecule has 1 aromatic carbocycles. The topological polar surface area (TPSA) is 62.2 Å². The Kier molecular flexibility index (Phi) is 5.28. The molecular weight excluding hydrogens is 338 g/mol. The van der Waals surface area contributed by atoms with Crippen molar-refractivity contribution in [2.75, 3.05) is 39.9 Å². The number of thiazole rings is 1. The highest BCUT2D eigenvalue weighted by Crippen LogP contribution is 2.32. The fourth-order valence-corrected chi connectivity index (χ4v) is 3.28. The monoisotopic (exact) mass is 361 g/mol. The summed E-state index contributed by atoms with van der Waals surface area (Å²) in [6.07, 6.45) is 0. The molecule has 0 bridgehead atoms. The first-order chi connectivity index (χ1) is 12.1. The van der Waals surface area contributed by atoms with Gasteiger partial charge in [-0.15, -0.1) is 11.3 Å². The molecule has 0 radical (unpaired) electrons. The molecule has 134 valence electrons. The number of nitrogens with zero attached hydrogens (tertiary/aromatic N) is 4. The van der Waals surface area contributed by atoms with Gasteiger partial charge in [0.2, 0.25) is 6.79 Å². The van der Waals surface area contributed by atoms with Crippen LogP contribution >= 0.6 is 11.3 Å². The summed E-state index contributed by atoms with van der Waals surface area (Å²) in [7, 11) is 7.78. The van der Waals surface area contributed by atoms with E-state index in [1.54, 1.807) is 18.4 Å². The molecule has 25 heavy (non-hydrogen) atoms. The smallest absolute Gasteiger partial charge is 0.231 e. The Morgan fingerprint density at radius 1 is 1.28 bits per heavy atom. The molecule has 2 heterocycles. The maximum absolute atomic E-state index is 5.44. The van der Waals surface area contributed by atoms with Crippen LogP contribution < -0.4 is 19.7 Å². The maximum atomic E-state index is 5.44. The predicted octanol–water partition coefficient (Wildman–Crippen LogP) is 2.15. The lowest BCUT2D eigenvalue weighted by Gasteiger charge is -2.22. The van der Waals surface area contributed by atoms with Crippen LogP contribution in [-0.4, -0.2) is 50.8 Å². The van der Waals surface area contributed by atoms with Gasteiger partial charge in [-0.3, -0.25) is 4.99 Å². The van der Waals surface area contributed by atoms with Gasteiger partial charge in [0.25, 0.3) is 0 Å². The number of nitrogens with one attached hydrogen (secondary N) is 1. The standard InChI is InChI=1S/C17H23N5O2S/c1-18-16(19-8-13-10-25-17(20-13)21(2)3)22(4)9-12-5-6-14-15(7-12)24-11-23-14/h5-7,10H,8-9,11H2,1-4H3,(H,18,19). The van der Waals surface area contributed by atoms with Crippen LogP contribution in [0.3, 0.4) is 0 Å². The Balaban J connectivity index is 1.58. The van der Waals surface area contributed by atoms with Crippen molar-refractivity contribution in [1.29, 1.82) is 0 Å². The molecule has 0 amide bonds. The van der Waals surface area contributed by atoms with Gasteiger partial charge in [-0.2, -0.15) is 0 Å². The predicted molar refractivity (Wildman–Crippen MR) is 101 cm³/mol. The number of aromatic nitrogens is 1. The summed E-state index contributed by atoms with van der Waals surface area (Å²) in [4.78, 5) is 13.0. The highest BCUT2D eigenvalue weighted by atomic mass is 32.1. The summed E-state index contributed by atoms with van der Waals surface area (Å²) in [5.41, 5.74) is 2.14. The summed E-state index contributed by atoms with van der Waals surface area (Å²) in [6, 6.07) is 6.00. The van der Waals surface area contributed by atoms with Crippen LogP contribution in [0.4, 0.5) is 5.13 Å². The largest absolute Gasteiger partial charge is 0.454 e. The van der Waals surface area contributed by atoms with Gasteiger partial charge in [0.1, 0.15) is 0 Å². The lowest BCUT2D eigenvalue weighted by atomic mass is 10.2. The second-order valence-corrected chi connectivity index (χ2v) is 6.80. The third kappa shape index (κ3) is 4.14.